The summed E-state index contributed by atoms with van der Waals surface area (Å²) >= 11 is 0. The van der Waals surface area contributed by atoms with Crippen molar-refractivity contribution in [2.24, 2.45) is 5.92 Å². The first-order chi connectivity index (χ1) is 9.86. The zero-order chi connectivity index (χ0) is 13.8. The smallest absolute Gasteiger partial charge is 0.0399 e. The summed E-state index contributed by atoms with van der Waals surface area (Å²) in [4.78, 5) is 2.64. The zero-order valence-electron chi connectivity index (χ0n) is 12.8. The highest BCUT2D eigenvalue weighted by atomic mass is 15.2. The molecule has 2 atom stereocenters. The maximum Gasteiger partial charge on any atom is 0.0399 e. The van der Waals surface area contributed by atoms with Crippen LogP contribution in [0.1, 0.15) is 44.6 Å². The Morgan fingerprint density at radius 1 is 1.25 bits per heavy atom. The van der Waals surface area contributed by atoms with Gasteiger partial charge >= 0.3 is 0 Å². The molecule has 3 rings (SSSR count). The number of fused-ring (bicyclic) bond motifs is 1. The molecule has 110 valence electrons. The van der Waals surface area contributed by atoms with E-state index in [1.807, 2.05) is 0 Å². The van der Waals surface area contributed by atoms with Crippen LogP contribution in [0.5, 0.6) is 0 Å². The summed E-state index contributed by atoms with van der Waals surface area (Å²) in [5, 5.41) is 3.74. The van der Waals surface area contributed by atoms with Gasteiger partial charge < -0.3 is 10.2 Å². The van der Waals surface area contributed by atoms with Crippen molar-refractivity contribution in [3.8, 4) is 0 Å². The normalized spacial score (nSPS) is 26.9. The van der Waals surface area contributed by atoms with Crippen LogP contribution in [0.15, 0.2) is 24.3 Å². The zero-order valence-corrected chi connectivity index (χ0v) is 12.8. The van der Waals surface area contributed by atoms with Gasteiger partial charge in [-0.05, 0) is 56.2 Å². The fraction of sp³-hybridized carbons (Fsp3) is 0.667. The van der Waals surface area contributed by atoms with Gasteiger partial charge in [0.05, 0.1) is 0 Å². The van der Waals surface area contributed by atoms with E-state index in [1.54, 1.807) is 5.56 Å². The number of benzene rings is 1. The summed E-state index contributed by atoms with van der Waals surface area (Å²) in [6, 6.07) is 9.70. The van der Waals surface area contributed by atoms with E-state index in [2.05, 4.69) is 41.4 Å². The van der Waals surface area contributed by atoms with E-state index in [0.29, 0.717) is 6.04 Å². The summed E-state index contributed by atoms with van der Waals surface area (Å²) < 4.78 is 0. The average Bonchev–Trinajstić information content (AvgIpc) is 2.70. The Morgan fingerprint density at radius 3 is 3.05 bits per heavy atom. The Labute approximate surface area is 123 Å². The highest BCUT2D eigenvalue weighted by Crippen LogP contribution is 2.27. The van der Waals surface area contributed by atoms with Gasteiger partial charge in [0.1, 0.15) is 0 Å². The summed E-state index contributed by atoms with van der Waals surface area (Å²) in [6.45, 7) is 5.96. The van der Waals surface area contributed by atoms with Crippen molar-refractivity contribution in [1.29, 1.82) is 0 Å². The van der Waals surface area contributed by atoms with E-state index < -0.39 is 0 Å². The molecule has 0 spiro atoms. The Morgan fingerprint density at radius 2 is 2.15 bits per heavy atom. The Kier molecular flexibility index (Phi) is 4.62. The maximum absolute atomic E-state index is 3.74. The number of nitrogens with one attached hydrogen (secondary N) is 1. The minimum atomic E-state index is 0.680. The van der Waals surface area contributed by atoms with Crippen LogP contribution in [0.2, 0.25) is 0 Å². The lowest BCUT2D eigenvalue weighted by Crippen LogP contribution is -2.46. The van der Waals surface area contributed by atoms with Gasteiger partial charge in [-0.25, -0.2) is 0 Å². The summed E-state index contributed by atoms with van der Waals surface area (Å²) in [7, 11) is 0. The maximum atomic E-state index is 3.74. The number of anilines is 1. The number of rotatable bonds is 3. The molecule has 1 fully saturated rings. The molecule has 2 unspecified atom stereocenters. The van der Waals surface area contributed by atoms with Crippen LogP contribution >= 0.6 is 0 Å². The van der Waals surface area contributed by atoms with Crippen molar-refractivity contribution in [1.82, 2.24) is 5.32 Å². The van der Waals surface area contributed by atoms with E-state index >= 15 is 0 Å². The lowest BCUT2D eigenvalue weighted by molar-refractivity contribution is 0.296. The van der Waals surface area contributed by atoms with E-state index in [4.69, 9.17) is 0 Å². The van der Waals surface area contributed by atoms with Crippen molar-refractivity contribution >= 4 is 5.69 Å². The van der Waals surface area contributed by atoms with Gasteiger partial charge in [0.2, 0.25) is 0 Å². The molecule has 2 nitrogen and oxygen atoms in total. The number of hydrogen-bond acceptors (Lipinski definition) is 2. The third kappa shape index (κ3) is 3.17. The molecule has 0 aromatic heterocycles. The number of para-hydroxylation sites is 1. The topological polar surface area (TPSA) is 15.3 Å². The molecule has 2 heteroatoms. The molecule has 20 heavy (non-hydrogen) atoms. The summed E-state index contributed by atoms with van der Waals surface area (Å²) in [5.41, 5.74) is 3.04. The summed E-state index contributed by atoms with van der Waals surface area (Å²) in [5.74, 6) is 0.934. The van der Waals surface area contributed by atoms with Gasteiger partial charge in [-0.3, -0.25) is 0 Å². The first-order valence-corrected chi connectivity index (χ1v) is 8.43. The highest BCUT2D eigenvalue weighted by molar-refractivity contribution is 5.54. The molecule has 0 amide bonds. The number of piperidine rings is 1. The SMILES string of the molecule is CCC1CCNC(CN2CCCCc3ccccc32)C1. The molecule has 1 aromatic rings. The van der Waals surface area contributed by atoms with E-state index in [9.17, 15) is 0 Å². The molecule has 1 saturated heterocycles. The fourth-order valence-corrected chi connectivity index (χ4v) is 3.83. The minimum absolute atomic E-state index is 0.680. The predicted molar refractivity (Wildman–Crippen MR) is 86.4 cm³/mol. The molecule has 0 saturated carbocycles. The van der Waals surface area contributed by atoms with Gasteiger partial charge in [0.15, 0.2) is 0 Å². The van der Waals surface area contributed by atoms with Gasteiger partial charge in [0, 0.05) is 24.8 Å². The molecular weight excluding hydrogens is 244 g/mol. The minimum Gasteiger partial charge on any atom is -0.370 e. The lowest BCUT2D eigenvalue weighted by Gasteiger charge is -2.35. The number of hydrogen-bond donors (Lipinski definition) is 1. The van der Waals surface area contributed by atoms with Crippen LogP contribution in [-0.4, -0.2) is 25.7 Å². The molecule has 0 aliphatic carbocycles. The molecule has 2 aliphatic heterocycles. The number of nitrogens with zero attached hydrogens (tertiary/aromatic N) is 1. The Balaban J connectivity index is 1.70. The van der Waals surface area contributed by atoms with Crippen LogP contribution in [-0.2, 0) is 6.42 Å². The Bertz CT molecular complexity index is 429. The fourth-order valence-electron chi connectivity index (χ4n) is 3.83. The van der Waals surface area contributed by atoms with Crippen molar-refractivity contribution in [2.45, 2.75) is 51.5 Å². The second kappa shape index (κ2) is 6.62. The molecule has 1 N–H and O–H groups in total. The quantitative estimate of drug-likeness (QED) is 0.904. The standard InChI is InChI=1S/C18H28N2/c1-2-15-10-11-19-17(13-15)14-20-12-6-5-8-16-7-3-4-9-18(16)20/h3-4,7,9,15,17,19H,2,5-6,8,10-14H2,1H3. The monoisotopic (exact) mass is 272 g/mol. The van der Waals surface area contributed by atoms with Gasteiger partial charge in [0.25, 0.3) is 0 Å². The molecule has 2 heterocycles. The molecule has 0 bridgehead atoms. The largest absolute Gasteiger partial charge is 0.370 e. The average molecular weight is 272 g/mol. The third-order valence-electron chi connectivity index (χ3n) is 5.08. The van der Waals surface area contributed by atoms with Crippen LogP contribution in [0.25, 0.3) is 0 Å². The second-order valence-electron chi connectivity index (χ2n) is 6.48. The number of aryl methyl sites for hydroxylation is 1. The highest BCUT2D eigenvalue weighted by Gasteiger charge is 2.23. The van der Waals surface area contributed by atoms with Gasteiger partial charge in [-0.2, -0.15) is 0 Å². The lowest BCUT2D eigenvalue weighted by atomic mass is 9.90. The molecule has 0 radical (unpaired) electrons. The second-order valence-corrected chi connectivity index (χ2v) is 6.48. The third-order valence-corrected chi connectivity index (χ3v) is 5.08. The van der Waals surface area contributed by atoms with E-state index in [0.717, 1.165) is 5.92 Å². The van der Waals surface area contributed by atoms with Crippen LogP contribution in [0.4, 0.5) is 5.69 Å². The summed E-state index contributed by atoms with van der Waals surface area (Å²) in [6.07, 6.45) is 7.98. The van der Waals surface area contributed by atoms with E-state index in [1.165, 1.54) is 63.8 Å². The van der Waals surface area contributed by atoms with Crippen molar-refractivity contribution in [2.75, 3.05) is 24.5 Å². The molecule has 2 aliphatic rings. The van der Waals surface area contributed by atoms with Gasteiger partial charge in [-0.1, -0.05) is 31.5 Å². The van der Waals surface area contributed by atoms with E-state index in [-0.39, 0.29) is 0 Å². The van der Waals surface area contributed by atoms with Crippen molar-refractivity contribution in [3.05, 3.63) is 29.8 Å². The van der Waals surface area contributed by atoms with Crippen molar-refractivity contribution < 1.29 is 0 Å². The first-order valence-electron chi connectivity index (χ1n) is 8.43. The predicted octanol–water partition coefficient (Wildman–Crippen LogP) is 3.61. The molecule has 1 aromatic carbocycles. The first kappa shape index (κ1) is 13.9. The van der Waals surface area contributed by atoms with Crippen molar-refractivity contribution in [3.63, 3.8) is 0 Å². The van der Waals surface area contributed by atoms with Gasteiger partial charge in [-0.15, -0.1) is 0 Å². The van der Waals surface area contributed by atoms with Crippen LogP contribution in [0, 0.1) is 5.92 Å². The van der Waals surface area contributed by atoms with Crippen LogP contribution in [0.3, 0.4) is 0 Å². The van der Waals surface area contributed by atoms with Crippen LogP contribution < -0.4 is 10.2 Å². The Hall–Kier alpha value is -1.02. The molecular formula is C18H28N2.